The van der Waals surface area contributed by atoms with Crippen molar-refractivity contribution >= 4 is 22.9 Å². The topological polar surface area (TPSA) is 70.7 Å². The number of thiazole rings is 1. The highest BCUT2D eigenvalue weighted by Crippen LogP contribution is 2.25. The van der Waals surface area contributed by atoms with Gasteiger partial charge >= 0.3 is 0 Å². The molecule has 0 spiro atoms. The maximum absolute atomic E-state index is 12.1. The minimum atomic E-state index is -0.206. The average molecular weight is 374 g/mol. The van der Waals surface area contributed by atoms with Gasteiger partial charge in [0.05, 0.1) is 17.4 Å². The molecule has 0 unspecified atom stereocenters. The Balaban J connectivity index is 1.53. The van der Waals surface area contributed by atoms with Crippen LogP contribution in [-0.4, -0.2) is 20.9 Å². The van der Waals surface area contributed by atoms with Gasteiger partial charge in [0.15, 0.2) is 0 Å². The molecule has 0 aliphatic rings. The van der Waals surface area contributed by atoms with Crippen LogP contribution >= 0.6 is 11.3 Å². The smallest absolute Gasteiger partial charge is 0.275 e. The van der Waals surface area contributed by atoms with Gasteiger partial charge in [-0.2, -0.15) is 0 Å². The third-order valence-corrected chi connectivity index (χ3v) is 4.78. The summed E-state index contributed by atoms with van der Waals surface area (Å²) in [4.78, 5) is 24.0. The number of anilines is 1. The van der Waals surface area contributed by atoms with Crippen LogP contribution in [0.2, 0.25) is 0 Å². The Labute approximate surface area is 161 Å². The second-order valence-corrected chi connectivity index (χ2v) is 7.15. The third kappa shape index (κ3) is 3.80. The number of benzene rings is 2. The molecule has 4 rings (SSSR count). The largest absolute Gasteiger partial charge is 0.338 e. The molecule has 2 aromatic carbocycles. The van der Waals surface area contributed by atoms with E-state index in [1.807, 2.05) is 30.5 Å². The van der Waals surface area contributed by atoms with Gasteiger partial charge in [0.1, 0.15) is 11.5 Å². The summed E-state index contributed by atoms with van der Waals surface area (Å²) in [6, 6.07) is 14.0. The number of H-pyrrole nitrogens is 1. The molecule has 134 valence electrons. The Kier molecular flexibility index (Phi) is 4.56. The Hall–Kier alpha value is -3.25. The molecular formula is C21H18N4OS. The minimum absolute atomic E-state index is 0.206. The molecule has 6 heteroatoms. The first-order valence-corrected chi connectivity index (χ1v) is 9.46. The number of amides is 1. The molecule has 27 heavy (non-hydrogen) atoms. The lowest BCUT2D eigenvalue weighted by atomic mass is 10.1. The van der Waals surface area contributed by atoms with Crippen LogP contribution in [0.25, 0.3) is 22.6 Å². The van der Waals surface area contributed by atoms with Gasteiger partial charge in [-0.25, -0.2) is 9.97 Å². The summed E-state index contributed by atoms with van der Waals surface area (Å²) >= 11 is 1.40. The number of imidazole rings is 1. The van der Waals surface area contributed by atoms with Gasteiger partial charge in [-0.05, 0) is 43.7 Å². The molecule has 0 aliphatic heterocycles. The van der Waals surface area contributed by atoms with Crippen LogP contribution in [0, 0.1) is 13.8 Å². The SMILES string of the molecule is Cc1cc(C)cc(-c2ncc(-c3ccc(NC(=O)c4cscn4)cc3)[nH]2)c1. The number of carbonyl (C=O) groups excluding carboxylic acids is 1. The Bertz CT molecular complexity index is 1060. The quantitative estimate of drug-likeness (QED) is 0.524. The van der Waals surface area contributed by atoms with E-state index in [1.54, 1.807) is 10.9 Å². The van der Waals surface area contributed by atoms with Gasteiger partial charge in [0.25, 0.3) is 5.91 Å². The van der Waals surface area contributed by atoms with Gasteiger partial charge in [-0.3, -0.25) is 4.79 Å². The molecule has 2 heterocycles. The molecule has 0 saturated carbocycles. The maximum atomic E-state index is 12.1. The molecule has 0 bridgehead atoms. The van der Waals surface area contributed by atoms with Gasteiger partial charge in [0.2, 0.25) is 0 Å². The lowest BCUT2D eigenvalue weighted by Gasteiger charge is -2.05. The summed E-state index contributed by atoms with van der Waals surface area (Å²) in [5.74, 6) is 0.639. The van der Waals surface area contributed by atoms with E-state index in [4.69, 9.17) is 0 Å². The van der Waals surface area contributed by atoms with E-state index in [0.29, 0.717) is 5.69 Å². The van der Waals surface area contributed by atoms with Crippen molar-refractivity contribution in [1.82, 2.24) is 15.0 Å². The highest BCUT2D eigenvalue weighted by Gasteiger charge is 2.09. The van der Waals surface area contributed by atoms with Crippen LogP contribution in [0.4, 0.5) is 5.69 Å². The molecule has 0 radical (unpaired) electrons. The van der Waals surface area contributed by atoms with Crippen molar-refractivity contribution in [3.05, 3.63) is 76.4 Å². The Morgan fingerprint density at radius 2 is 1.74 bits per heavy atom. The van der Waals surface area contributed by atoms with E-state index in [-0.39, 0.29) is 5.91 Å². The molecule has 2 aromatic heterocycles. The van der Waals surface area contributed by atoms with E-state index in [2.05, 4.69) is 52.3 Å². The van der Waals surface area contributed by atoms with Gasteiger partial charge in [-0.15, -0.1) is 11.3 Å². The standard InChI is InChI=1S/C21H18N4OS/c1-13-7-14(2)9-16(8-13)20-22-10-18(25-20)15-3-5-17(6-4-15)24-21(26)19-11-27-12-23-19/h3-12H,1-2H3,(H,22,25)(H,24,26). The number of nitrogens with zero attached hydrogens (tertiary/aromatic N) is 2. The summed E-state index contributed by atoms with van der Waals surface area (Å²) in [6.07, 6.45) is 1.83. The fourth-order valence-electron chi connectivity index (χ4n) is 2.98. The van der Waals surface area contributed by atoms with Crippen LogP contribution in [-0.2, 0) is 0 Å². The van der Waals surface area contributed by atoms with Crippen LogP contribution in [0.3, 0.4) is 0 Å². The molecule has 0 atom stereocenters. The first-order chi connectivity index (χ1) is 13.1. The number of hydrogen-bond donors (Lipinski definition) is 2. The zero-order valence-electron chi connectivity index (χ0n) is 15.0. The zero-order valence-corrected chi connectivity index (χ0v) is 15.8. The van der Waals surface area contributed by atoms with E-state index in [0.717, 1.165) is 28.3 Å². The van der Waals surface area contributed by atoms with Crippen LogP contribution in [0.15, 0.2) is 59.6 Å². The van der Waals surface area contributed by atoms with Crippen molar-refractivity contribution < 1.29 is 4.79 Å². The first kappa shape index (κ1) is 17.2. The van der Waals surface area contributed by atoms with Crippen molar-refractivity contribution in [3.8, 4) is 22.6 Å². The molecule has 2 N–H and O–H groups in total. The lowest BCUT2D eigenvalue weighted by molar-refractivity contribution is 0.102. The third-order valence-electron chi connectivity index (χ3n) is 4.19. The second kappa shape index (κ2) is 7.17. The summed E-state index contributed by atoms with van der Waals surface area (Å²) in [6.45, 7) is 4.16. The van der Waals surface area contributed by atoms with Crippen molar-refractivity contribution in [3.63, 3.8) is 0 Å². The molecule has 0 aliphatic carbocycles. The van der Waals surface area contributed by atoms with Crippen molar-refractivity contribution in [2.45, 2.75) is 13.8 Å². The highest BCUT2D eigenvalue weighted by molar-refractivity contribution is 7.07. The van der Waals surface area contributed by atoms with Crippen molar-refractivity contribution in [1.29, 1.82) is 0 Å². The van der Waals surface area contributed by atoms with Crippen molar-refractivity contribution in [2.75, 3.05) is 5.32 Å². The van der Waals surface area contributed by atoms with Crippen LogP contribution in [0.1, 0.15) is 21.6 Å². The number of aryl methyl sites for hydroxylation is 2. The highest BCUT2D eigenvalue weighted by atomic mass is 32.1. The number of rotatable bonds is 4. The molecule has 5 nitrogen and oxygen atoms in total. The predicted molar refractivity (Wildman–Crippen MR) is 109 cm³/mol. The average Bonchev–Trinajstić information content (AvgIpc) is 3.34. The van der Waals surface area contributed by atoms with Gasteiger partial charge in [0, 0.05) is 16.6 Å². The number of nitrogens with one attached hydrogen (secondary N) is 2. The second-order valence-electron chi connectivity index (χ2n) is 6.43. The van der Waals surface area contributed by atoms with Crippen LogP contribution in [0.5, 0.6) is 0 Å². The normalized spacial score (nSPS) is 10.7. The minimum Gasteiger partial charge on any atom is -0.338 e. The first-order valence-electron chi connectivity index (χ1n) is 8.52. The molecule has 0 saturated heterocycles. The van der Waals surface area contributed by atoms with E-state index >= 15 is 0 Å². The Morgan fingerprint density at radius 1 is 1.00 bits per heavy atom. The number of aromatic nitrogens is 3. The number of aromatic amines is 1. The van der Waals surface area contributed by atoms with E-state index < -0.39 is 0 Å². The van der Waals surface area contributed by atoms with Gasteiger partial charge < -0.3 is 10.3 Å². The fraction of sp³-hybridized carbons (Fsp3) is 0.0952. The molecular weight excluding hydrogens is 356 g/mol. The summed E-state index contributed by atoms with van der Waals surface area (Å²) < 4.78 is 0. The maximum Gasteiger partial charge on any atom is 0.275 e. The van der Waals surface area contributed by atoms with E-state index in [1.165, 1.54) is 22.5 Å². The van der Waals surface area contributed by atoms with Crippen molar-refractivity contribution in [2.24, 2.45) is 0 Å². The lowest BCUT2D eigenvalue weighted by Crippen LogP contribution is -2.11. The number of carbonyl (C=O) groups is 1. The molecule has 4 aromatic rings. The predicted octanol–water partition coefficient (Wildman–Crippen LogP) is 5.07. The summed E-state index contributed by atoms with van der Waals surface area (Å²) in [5, 5.41) is 4.57. The summed E-state index contributed by atoms with van der Waals surface area (Å²) in [7, 11) is 0. The molecule has 0 fully saturated rings. The number of hydrogen-bond acceptors (Lipinski definition) is 4. The zero-order chi connectivity index (χ0) is 18.8. The fourth-order valence-corrected chi connectivity index (χ4v) is 3.51. The van der Waals surface area contributed by atoms with Crippen LogP contribution < -0.4 is 5.32 Å². The molecule has 1 amide bonds. The Morgan fingerprint density at radius 3 is 2.41 bits per heavy atom. The van der Waals surface area contributed by atoms with E-state index in [9.17, 15) is 4.79 Å². The summed E-state index contributed by atoms with van der Waals surface area (Å²) in [5.41, 5.74) is 8.23. The monoisotopic (exact) mass is 374 g/mol. The van der Waals surface area contributed by atoms with Gasteiger partial charge in [-0.1, -0.05) is 29.3 Å².